The number of nitrogens with one attached hydrogen (secondary N) is 2. The first-order valence-corrected chi connectivity index (χ1v) is 8.24. The molecule has 0 spiro atoms. The molecule has 116 valence electrons. The first kappa shape index (κ1) is 15.8. The molecule has 4 heteroatoms. The number of piperazine rings is 1. The Kier molecular flexibility index (Phi) is 5.44. The molecule has 0 aromatic heterocycles. The van der Waals surface area contributed by atoms with Gasteiger partial charge in [0.25, 0.3) is 0 Å². The number of rotatable bonds is 4. The number of carbonyl (C=O) groups excluding carboxylic acids is 1. The molecule has 20 heavy (non-hydrogen) atoms. The van der Waals surface area contributed by atoms with Crippen LogP contribution in [0.4, 0.5) is 0 Å². The Balaban J connectivity index is 1.75. The number of carbonyl (C=O) groups is 1. The van der Waals surface area contributed by atoms with Crippen LogP contribution in [0.3, 0.4) is 0 Å². The van der Waals surface area contributed by atoms with Gasteiger partial charge < -0.3 is 10.6 Å². The van der Waals surface area contributed by atoms with Crippen LogP contribution in [0.5, 0.6) is 0 Å². The van der Waals surface area contributed by atoms with E-state index in [1.54, 1.807) is 0 Å². The molecular weight excluding hydrogens is 250 g/mol. The average Bonchev–Trinajstić information content (AvgIpc) is 2.37. The monoisotopic (exact) mass is 281 g/mol. The smallest absolute Gasteiger partial charge is 0.237 e. The van der Waals surface area contributed by atoms with Gasteiger partial charge in [-0.3, -0.25) is 9.69 Å². The summed E-state index contributed by atoms with van der Waals surface area (Å²) in [4.78, 5) is 14.0. The van der Waals surface area contributed by atoms with E-state index >= 15 is 0 Å². The maximum atomic E-state index is 11.7. The van der Waals surface area contributed by atoms with Crippen molar-refractivity contribution in [3.63, 3.8) is 0 Å². The van der Waals surface area contributed by atoms with Gasteiger partial charge in [-0.1, -0.05) is 13.8 Å². The second-order valence-corrected chi connectivity index (χ2v) is 7.08. The van der Waals surface area contributed by atoms with E-state index in [2.05, 4.69) is 36.3 Å². The third-order valence-electron chi connectivity index (χ3n) is 5.00. The average molecular weight is 281 g/mol. The highest BCUT2D eigenvalue weighted by Gasteiger charge is 2.30. The topological polar surface area (TPSA) is 44.4 Å². The van der Waals surface area contributed by atoms with Crippen LogP contribution in [0, 0.1) is 11.8 Å². The highest BCUT2D eigenvalue weighted by molar-refractivity contribution is 5.82. The van der Waals surface area contributed by atoms with Crippen LogP contribution in [0.1, 0.15) is 47.0 Å². The minimum atomic E-state index is 0.00440. The van der Waals surface area contributed by atoms with E-state index in [0.29, 0.717) is 12.1 Å². The Morgan fingerprint density at radius 1 is 1.15 bits per heavy atom. The summed E-state index contributed by atoms with van der Waals surface area (Å²) in [5.41, 5.74) is 0. The summed E-state index contributed by atoms with van der Waals surface area (Å²) in [6.45, 7) is 11.7. The molecule has 4 nitrogen and oxygen atoms in total. The number of hydrogen-bond donors (Lipinski definition) is 2. The zero-order valence-corrected chi connectivity index (χ0v) is 13.5. The van der Waals surface area contributed by atoms with Crippen molar-refractivity contribution in [2.45, 2.75) is 65.1 Å². The maximum Gasteiger partial charge on any atom is 0.237 e. The van der Waals surface area contributed by atoms with E-state index < -0.39 is 0 Å². The van der Waals surface area contributed by atoms with Gasteiger partial charge in [0, 0.05) is 31.7 Å². The van der Waals surface area contributed by atoms with Gasteiger partial charge >= 0.3 is 0 Å². The molecule has 1 amide bonds. The summed E-state index contributed by atoms with van der Waals surface area (Å²) < 4.78 is 0. The van der Waals surface area contributed by atoms with E-state index in [0.717, 1.165) is 31.5 Å². The molecule has 1 aliphatic carbocycles. The Morgan fingerprint density at radius 2 is 1.80 bits per heavy atom. The highest BCUT2D eigenvalue weighted by Crippen LogP contribution is 2.28. The van der Waals surface area contributed by atoms with Crippen molar-refractivity contribution in [3.05, 3.63) is 0 Å². The predicted octanol–water partition coefficient (Wildman–Crippen LogP) is 1.61. The Labute approximate surface area is 123 Å². The summed E-state index contributed by atoms with van der Waals surface area (Å²) >= 11 is 0. The lowest BCUT2D eigenvalue weighted by atomic mass is 9.80. The molecule has 0 radical (unpaired) electrons. The molecule has 1 aliphatic heterocycles. The van der Waals surface area contributed by atoms with Crippen molar-refractivity contribution < 1.29 is 4.79 Å². The van der Waals surface area contributed by atoms with Crippen LogP contribution in [-0.2, 0) is 4.79 Å². The quantitative estimate of drug-likeness (QED) is 0.823. The van der Waals surface area contributed by atoms with Gasteiger partial charge in [-0.2, -0.15) is 0 Å². The molecule has 4 unspecified atom stereocenters. The molecule has 1 saturated carbocycles. The minimum Gasteiger partial charge on any atom is -0.353 e. The highest BCUT2D eigenvalue weighted by atomic mass is 16.2. The lowest BCUT2D eigenvalue weighted by Gasteiger charge is -2.39. The number of nitrogens with zero attached hydrogens (tertiary/aromatic N) is 1. The Morgan fingerprint density at radius 3 is 2.45 bits per heavy atom. The van der Waals surface area contributed by atoms with Gasteiger partial charge in [-0.25, -0.2) is 0 Å². The molecule has 0 aromatic rings. The lowest BCUT2D eigenvalue weighted by molar-refractivity contribution is -0.130. The van der Waals surface area contributed by atoms with Crippen LogP contribution < -0.4 is 10.6 Å². The fraction of sp³-hybridized carbons (Fsp3) is 0.938. The number of hydrogen-bond acceptors (Lipinski definition) is 3. The molecule has 0 bridgehead atoms. The summed E-state index contributed by atoms with van der Waals surface area (Å²) in [6, 6.07) is 1.11. The zero-order valence-electron chi connectivity index (χ0n) is 13.5. The third kappa shape index (κ3) is 3.95. The van der Waals surface area contributed by atoms with E-state index in [1.165, 1.54) is 19.3 Å². The van der Waals surface area contributed by atoms with Crippen molar-refractivity contribution in [3.8, 4) is 0 Å². The van der Waals surface area contributed by atoms with Gasteiger partial charge in [0.2, 0.25) is 5.91 Å². The van der Waals surface area contributed by atoms with E-state index in [4.69, 9.17) is 0 Å². The van der Waals surface area contributed by atoms with E-state index in [-0.39, 0.29) is 11.9 Å². The van der Waals surface area contributed by atoms with Crippen LogP contribution in [0.15, 0.2) is 0 Å². The summed E-state index contributed by atoms with van der Waals surface area (Å²) in [5.74, 6) is 1.85. The lowest BCUT2D eigenvalue weighted by Crippen LogP contribution is -2.59. The van der Waals surface area contributed by atoms with Gasteiger partial charge in [0.15, 0.2) is 0 Å². The fourth-order valence-electron chi connectivity index (χ4n) is 3.97. The van der Waals surface area contributed by atoms with Crippen molar-refractivity contribution in [2.24, 2.45) is 11.8 Å². The zero-order chi connectivity index (χ0) is 14.7. The molecule has 2 fully saturated rings. The van der Waals surface area contributed by atoms with Crippen LogP contribution in [0.25, 0.3) is 0 Å². The van der Waals surface area contributed by atoms with E-state index in [1.807, 2.05) is 6.92 Å². The molecule has 0 aromatic carbocycles. The SMILES string of the molecule is CC1CC(C)CC(NCCN2C(C)CNC(=O)C2C)C1. The molecule has 2 aliphatic rings. The van der Waals surface area contributed by atoms with Crippen molar-refractivity contribution >= 4 is 5.91 Å². The summed E-state index contributed by atoms with van der Waals surface area (Å²) in [7, 11) is 0. The van der Waals surface area contributed by atoms with Crippen molar-refractivity contribution in [1.82, 2.24) is 15.5 Å². The van der Waals surface area contributed by atoms with Gasteiger partial charge in [0.1, 0.15) is 0 Å². The standard InChI is InChI=1S/C16H31N3O/c1-11-7-12(2)9-15(8-11)17-5-6-19-13(3)10-18-16(20)14(19)4/h11-15,17H,5-10H2,1-4H3,(H,18,20). The Bertz CT molecular complexity index is 324. The summed E-state index contributed by atoms with van der Waals surface area (Å²) in [6.07, 6.45) is 3.98. The normalized spacial score (nSPS) is 39.6. The van der Waals surface area contributed by atoms with Gasteiger partial charge in [-0.15, -0.1) is 0 Å². The van der Waals surface area contributed by atoms with Crippen molar-refractivity contribution in [1.29, 1.82) is 0 Å². The second kappa shape index (κ2) is 6.90. The molecule has 2 rings (SSSR count). The first-order chi connectivity index (χ1) is 9.47. The predicted molar refractivity (Wildman–Crippen MR) is 82.6 cm³/mol. The molecule has 1 saturated heterocycles. The van der Waals surface area contributed by atoms with Gasteiger partial charge in [0.05, 0.1) is 6.04 Å². The van der Waals surface area contributed by atoms with Crippen molar-refractivity contribution in [2.75, 3.05) is 19.6 Å². The number of amides is 1. The first-order valence-electron chi connectivity index (χ1n) is 8.24. The third-order valence-corrected chi connectivity index (χ3v) is 5.00. The fourth-order valence-corrected chi connectivity index (χ4v) is 3.97. The largest absolute Gasteiger partial charge is 0.353 e. The van der Waals surface area contributed by atoms with E-state index in [9.17, 15) is 4.79 Å². The molecule has 2 N–H and O–H groups in total. The van der Waals surface area contributed by atoms with Crippen LogP contribution in [-0.4, -0.2) is 48.6 Å². The maximum absolute atomic E-state index is 11.7. The molecule has 4 atom stereocenters. The molecular formula is C16H31N3O. The Hall–Kier alpha value is -0.610. The molecule has 1 heterocycles. The van der Waals surface area contributed by atoms with Crippen LogP contribution >= 0.6 is 0 Å². The summed E-state index contributed by atoms with van der Waals surface area (Å²) in [5, 5.41) is 6.67. The van der Waals surface area contributed by atoms with Gasteiger partial charge in [-0.05, 0) is 44.9 Å². The minimum absolute atomic E-state index is 0.00440. The van der Waals surface area contributed by atoms with Crippen LogP contribution in [0.2, 0.25) is 0 Å². The second-order valence-electron chi connectivity index (χ2n) is 7.08.